The molecule has 2 rings (SSSR count). The zero-order chi connectivity index (χ0) is 15.6. The van der Waals surface area contributed by atoms with Crippen molar-refractivity contribution in [3.63, 3.8) is 0 Å². The van der Waals surface area contributed by atoms with Gasteiger partial charge in [0.2, 0.25) is 0 Å². The Labute approximate surface area is 128 Å². The molecule has 0 amide bonds. The van der Waals surface area contributed by atoms with E-state index in [9.17, 15) is 0 Å². The van der Waals surface area contributed by atoms with Gasteiger partial charge in [0.1, 0.15) is 0 Å². The molecule has 0 saturated carbocycles. The van der Waals surface area contributed by atoms with E-state index in [2.05, 4.69) is 69.7 Å². The summed E-state index contributed by atoms with van der Waals surface area (Å²) in [6, 6.07) is 7.12. The number of rotatable bonds is 5. The predicted molar refractivity (Wildman–Crippen MR) is 89.1 cm³/mol. The molecule has 0 atom stereocenters. The van der Waals surface area contributed by atoms with Gasteiger partial charge in [-0.05, 0) is 56.0 Å². The standard InChI is InChI=1S/C18H27N3/c1-7-18-14(5)20-21(15(18)6)17-9-8-16(13(4)10-17)11-19-12(2)3/h8-10,12,19H,7,11H2,1-6H3. The first kappa shape index (κ1) is 15.8. The second kappa shape index (κ2) is 6.44. The lowest BCUT2D eigenvalue weighted by Gasteiger charge is -2.12. The Kier molecular flexibility index (Phi) is 4.84. The zero-order valence-corrected chi connectivity index (χ0v) is 14.1. The molecule has 1 aromatic heterocycles. The molecule has 0 unspecified atom stereocenters. The molecule has 0 aliphatic carbocycles. The van der Waals surface area contributed by atoms with Crippen LogP contribution in [0.3, 0.4) is 0 Å². The summed E-state index contributed by atoms with van der Waals surface area (Å²) in [6.07, 6.45) is 1.03. The van der Waals surface area contributed by atoms with Crippen molar-refractivity contribution < 1.29 is 0 Å². The van der Waals surface area contributed by atoms with E-state index in [0.717, 1.165) is 24.3 Å². The van der Waals surface area contributed by atoms with E-state index in [1.54, 1.807) is 0 Å². The Morgan fingerprint density at radius 1 is 1.19 bits per heavy atom. The van der Waals surface area contributed by atoms with Crippen LogP contribution >= 0.6 is 0 Å². The summed E-state index contributed by atoms with van der Waals surface area (Å²) < 4.78 is 2.07. The van der Waals surface area contributed by atoms with Gasteiger partial charge in [0, 0.05) is 18.3 Å². The Bertz CT molecular complexity index is 624. The molecule has 0 saturated heterocycles. The largest absolute Gasteiger partial charge is 0.310 e. The number of benzene rings is 1. The minimum atomic E-state index is 0.507. The molecule has 21 heavy (non-hydrogen) atoms. The van der Waals surface area contributed by atoms with Crippen LogP contribution in [0.2, 0.25) is 0 Å². The molecule has 0 bridgehead atoms. The zero-order valence-electron chi connectivity index (χ0n) is 14.1. The van der Waals surface area contributed by atoms with Gasteiger partial charge in [-0.25, -0.2) is 4.68 Å². The van der Waals surface area contributed by atoms with Crippen LogP contribution in [0, 0.1) is 20.8 Å². The van der Waals surface area contributed by atoms with Crippen LogP contribution in [0.25, 0.3) is 5.69 Å². The highest BCUT2D eigenvalue weighted by atomic mass is 15.3. The molecule has 0 radical (unpaired) electrons. The van der Waals surface area contributed by atoms with Gasteiger partial charge in [0.25, 0.3) is 0 Å². The molecule has 114 valence electrons. The summed E-state index contributed by atoms with van der Waals surface area (Å²) in [5.74, 6) is 0. The van der Waals surface area contributed by atoms with Gasteiger partial charge in [0.05, 0.1) is 11.4 Å². The second-order valence-electron chi connectivity index (χ2n) is 6.06. The van der Waals surface area contributed by atoms with E-state index >= 15 is 0 Å². The smallest absolute Gasteiger partial charge is 0.0651 e. The highest BCUT2D eigenvalue weighted by molar-refractivity contribution is 5.42. The van der Waals surface area contributed by atoms with Crippen molar-refractivity contribution in [3.8, 4) is 5.69 Å². The number of nitrogens with one attached hydrogen (secondary N) is 1. The topological polar surface area (TPSA) is 29.9 Å². The number of hydrogen-bond acceptors (Lipinski definition) is 2. The molecule has 0 aliphatic heterocycles. The van der Waals surface area contributed by atoms with Crippen LogP contribution in [0.15, 0.2) is 18.2 Å². The second-order valence-corrected chi connectivity index (χ2v) is 6.06. The van der Waals surface area contributed by atoms with Gasteiger partial charge in [-0.3, -0.25) is 0 Å². The third-order valence-electron chi connectivity index (χ3n) is 4.07. The maximum absolute atomic E-state index is 4.70. The van der Waals surface area contributed by atoms with Gasteiger partial charge < -0.3 is 5.32 Å². The van der Waals surface area contributed by atoms with Crippen molar-refractivity contribution in [2.45, 2.75) is 60.5 Å². The van der Waals surface area contributed by atoms with Gasteiger partial charge in [-0.15, -0.1) is 0 Å². The number of hydrogen-bond donors (Lipinski definition) is 1. The van der Waals surface area contributed by atoms with Crippen LogP contribution in [0.5, 0.6) is 0 Å². The molecule has 3 nitrogen and oxygen atoms in total. The summed E-state index contributed by atoms with van der Waals surface area (Å²) in [7, 11) is 0. The lowest BCUT2D eigenvalue weighted by molar-refractivity contribution is 0.587. The van der Waals surface area contributed by atoms with E-state index < -0.39 is 0 Å². The molecule has 0 spiro atoms. The average molecular weight is 285 g/mol. The number of nitrogens with zero attached hydrogens (tertiary/aromatic N) is 2. The van der Waals surface area contributed by atoms with Crippen molar-refractivity contribution in [1.82, 2.24) is 15.1 Å². The van der Waals surface area contributed by atoms with Crippen molar-refractivity contribution in [3.05, 3.63) is 46.3 Å². The van der Waals surface area contributed by atoms with Gasteiger partial charge in [-0.1, -0.05) is 26.8 Å². The van der Waals surface area contributed by atoms with Gasteiger partial charge >= 0.3 is 0 Å². The molecule has 1 aromatic carbocycles. The molecule has 1 N–H and O–H groups in total. The Hall–Kier alpha value is -1.61. The third-order valence-corrected chi connectivity index (χ3v) is 4.07. The Morgan fingerprint density at radius 3 is 2.43 bits per heavy atom. The van der Waals surface area contributed by atoms with Crippen LogP contribution < -0.4 is 5.32 Å². The third kappa shape index (κ3) is 3.35. The van der Waals surface area contributed by atoms with Crippen molar-refractivity contribution in [1.29, 1.82) is 0 Å². The summed E-state index contributed by atoms with van der Waals surface area (Å²) in [4.78, 5) is 0. The average Bonchev–Trinajstić information content (AvgIpc) is 2.72. The fraction of sp³-hybridized carbons (Fsp3) is 0.500. The van der Waals surface area contributed by atoms with Gasteiger partial charge in [0.15, 0.2) is 0 Å². The molecule has 2 aromatic rings. The molecule has 0 fully saturated rings. The fourth-order valence-corrected chi connectivity index (χ4v) is 2.76. The molecule has 0 aliphatic rings. The maximum atomic E-state index is 4.70. The predicted octanol–water partition coefficient (Wildman–Crippen LogP) is 3.86. The van der Waals surface area contributed by atoms with Crippen molar-refractivity contribution in [2.24, 2.45) is 0 Å². The summed E-state index contributed by atoms with van der Waals surface area (Å²) >= 11 is 0. The van der Waals surface area contributed by atoms with Gasteiger partial charge in [-0.2, -0.15) is 5.10 Å². The van der Waals surface area contributed by atoms with E-state index in [-0.39, 0.29) is 0 Å². The summed E-state index contributed by atoms with van der Waals surface area (Å²) in [6.45, 7) is 13.9. The van der Waals surface area contributed by atoms with Crippen molar-refractivity contribution >= 4 is 0 Å². The minimum Gasteiger partial charge on any atom is -0.310 e. The van der Waals surface area contributed by atoms with Crippen LogP contribution in [-0.2, 0) is 13.0 Å². The normalized spacial score (nSPS) is 11.4. The number of aryl methyl sites for hydroxylation is 2. The number of aromatic nitrogens is 2. The first-order valence-corrected chi connectivity index (χ1v) is 7.82. The Balaban J connectivity index is 2.32. The molecular formula is C18H27N3. The van der Waals surface area contributed by atoms with E-state index in [0.29, 0.717) is 6.04 Å². The minimum absolute atomic E-state index is 0.507. The van der Waals surface area contributed by atoms with Crippen LogP contribution in [0.1, 0.15) is 48.8 Å². The first-order valence-electron chi connectivity index (χ1n) is 7.82. The maximum Gasteiger partial charge on any atom is 0.0651 e. The Morgan fingerprint density at radius 2 is 1.90 bits per heavy atom. The van der Waals surface area contributed by atoms with E-state index in [1.165, 1.54) is 22.4 Å². The molecular weight excluding hydrogens is 258 g/mol. The first-order chi connectivity index (χ1) is 9.93. The molecule has 1 heterocycles. The van der Waals surface area contributed by atoms with Crippen LogP contribution in [0.4, 0.5) is 0 Å². The monoisotopic (exact) mass is 285 g/mol. The SMILES string of the molecule is CCc1c(C)nn(-c2ccc(CNC(C)C)c(C)c2)c1C. The lowest BCUT2D eigenvalue weighted by Crippen LogP contribution is -2.22. The lowest BCUT2D eigenvalue weighted by atomic mass is 10.1. The van der Waals surface area contributed by atoms with E-state index in [4.69, 9.17) is 5.10 Å². The highest BCUT2D eigenvalue weighted by Crippen LogP contribution is 2.20. The summed E-state index contributed by atoms with van der Waals surface area (Å²) in [5, 5.41) is 8.17. The van der Waals surface area contributed by atoms with E-state index in [1.807, 2.05) is 0 Å². The highest BCUT2D eigenvalue weighted by Gasteiger charge is 2.11. The van der Waals surface area contributed by atoms with Crippen molar-refractivity contribution in [2.75, 3.05) is 0 Å². The fourth-order valence-electron chi connectivity index (χ4n) is 2.76. The van der Waals surface area contributed by atoms with Crippen LogP contribution in [-0.4, -0.2) is 15.8 Å². The quantitative estimate of drug-likeness (QED) is 0.904. The molecule has 3 heteroatoms. The summed E-state index contributed by atoms with van der Waals surface area (Å²) in [5.41, 5.74) is 7.57.